The summed E-state index contributed by atoms with van der Waals surface area (Å²) in [4.78, 5) is 24.3. The summed E-state index contributed by atoms with van der Waals surface area (Å²) in [6.45, 7) is 4.21. The van der Waals surface area contributed by atoms with Gasteiger partial charge in [0.1, 0.15) is 11.6 Å². The molecule has 0 saturated carbocycles. The van der Waals surface area contributed by atoms with E-state index in [0.717, 1.165) is 24.2 Å². The third-order valence-corrected chi connectivity index (χ3v) is 3.72. The fourth-order valence-electron chi connectivity index (χ4n) is 2.81. The SMILES string of the molecule is CCOC(=O)C1CCn2nc3c(c2C1=O)CNCC3. The molecule has 0 amide bonds. The molecule has 1 aromatic rings. The van der Waals surface area contributed by atoms with Gasteiger partial charge in [0.05, 0.1) is 12.3 Å². The second-order valence-corrected chi connectivity index (χ2v) is 4.88. The van der Waals surface area contributed by atoms with Gasteiger partial charge in [0, 0.05) is 31.6 Å². The highest BCUT2D eigenvalue weighted by molar-refractivity contribution is 6.09. The summed E-state index contributed by atoms with van der Waals surface area (Å²) in [7, 11) is 0. The quantitative estimate of drug-likeness (QED) is 0.613. The first-order valence-corrected chi connectivity index (χ1v) is 6.72. The Bertz CT molecular complexity index is 535. The molecule has 19 heavy (non-hydrogen) atoms. The fourth-order valence-corrected chi connectivity index (χ4v) is 2.81. The molecule has 2 aliphatic heterocycles. The van der Waals surface area contributed by atoms with E-state index >= 15 is 0 Å². The largest absolute Gasteiger partial charge is 0.465 e. The Hall–Kier alpha value is -1.69. The second-order valence-electron chi connectivity index (χ2n) is 4.88. The molecular formula is C13H17N3O3. The molecule has 0 aliphatic carbocycles. The van der Waals surface area contributed by atoms with Crippen LogP contribution in [-0.4, -0.2) is 34.7 Å². The van der Waals surface area contributed by atoms with Crippen molar-refractivity contribution in [2.75, 3.05) is 13.2 Å². The predicted octanol–water partition coefficient (Wildman–Crippen LogP) is 0.294. The Morgan fingerprint density at radius 1 is 1.58 bits per heavy atom. The van der Waals surface area contributed by atoms with E-state index in [-0.39, 0.29) is 5.78 Å². The number of carbonyl (C=O) groups excluding carboxylic acids is 2. The molecule has 0 radical (unpaired) electrons. The van der Waals surface area contributed by atoms with E-state index in [0.29, 0.717) is 31.8 Å². The summed E-state index contributed by atoms with van der Waals surface area (Å²) >= 11 is 0. The molecule has 0 bridgehead atoms. The first-order valence-electron chi connectivity index (χ1n) is 6.72. The Labute approximate surface area is 111 Å². The maximum absolute atomic E-state index is 12.5. The molecule has 102 valence electrons. The summed E-state index contributed by atoms with van der Waals surface area (Å²) in [5.41, 5.74) is 2.56. The molecule has 6 heteroatoms. The molecule has 0 spiro atoms. The first kappa shape index (κ1) is 12.3. The summed E-state index contributed by atoms with van der Waals surface area (Å²) in [6, 6.07) is 0. The van der Waals surface area contributed by atoms with Gasteiger partial charge < -0.3 is 10.1 Å². The Morgan fingerprint density at radius 2 is 2.42 bits per heavy atom. The van der Waals surface area contributed by atoms with E-state index in [1.54, 1.807) is 11.6 Å². The molecule has 1 aromatic heterocycles. The number of aromatic nitrogens is 2. The van der Waals surface area contributed by atoms with Crippen LogP contribution in [0.25, 0.3) is 0 Å². The Kier molecular flexibility index (Phi) is 3.10. The predicted molar refractivity (Wildman–Crippen MR) is 66.7 cm³/mol. The van der Waals surface area contributed by atoms with Crippen molar-refractivity contribution in [3.05, 3.63) is 17.0 Å². The van der Waals surface area contributed by atoms with Crippen LogP contribution in [0.5, 0.6) is 0 Å². The van der Waals surface area contributed by atoms with Crippen LogP contribution in [-0.2, 0) is 29.0 Å². The van der Waals surface area contributed by atoms with Crippen LogP contribution >= 0.6 is 0 Å². The van der Waals surface area contributed by atoms with Gasteiger partial charge in [0.25, 0.3) is 0 Å². The topological polar surface area (TPSA) is 73.2 Å². The minimum atomic E-state index is -0.657. The lowest BCUT2D eigenvalue weighted by Gasteiger charge is -2.21. The number of rotatable bonds is 2. The highest BCUT2D eigenvalue weighted by Crippen LogP contribution is 2.27. The molecule has 1 unspecified atom stereocenters. The van der Waals surface area contributed by atoms with Crippen molar-refractivity contribution in [3.63, 3.8) is 0 Å². The number of fused-ring (bicyclic) bond motifs is 3. The van der Waals surface area contributed by atoms with Crippen molar-refractivity contribution in [1.29, 1.82) is 0 Å². The number of hydrogen-bond acceptors (Lipinski definition) is 5. The molecule has 1 N–H and O–H groups in total. The summed E-state index contributed by atoms with van der Waals surface area (Å²) in [5.74, 6) is -1.20. The zero-order chi connectivity index (χ0) is 13.4. The maximum Gasteiger partial charge on any atom is 0.316 e. The van der Waals surface area contributed by atoms with Crippen molar-refractivity contribution in [2.24, 2.45) is 5.92 Å². The van der Waals surface area contributed by atoms with Crippen molar-refractivity contribution >= 4 is 11.8 Å². The fraction of sp³-hybridized carbons (Fsp3) is 0.615. The van der Waals surface area contributed by atoms with Crippen molar-refractivity contribution in [2.45, 2.75) is 32.9 Å². The molecule has 3 heterocycles. The number of nitrogens with one attached hydrogen (secondary N) is 1. The number of ether oxygens (including phenoxy) is 1. The van der Waals surface area contributed by atoms with E-state index in [1.165, 1.54) is 0 Å². The van der Waals surface area contributed by atoms with Crippen LogP contribution in [0.4, 0.5) is 0 Å². The van der Waals surface area contributed by atoms with Gasteiger partial charge in [-0.1, -0.05) is 0 Å². The second kappa shape index (κ2) is 4.77. The van der Waals surface area contributed by atoms with E-state index < -0.39 is 11.9 Å². The average Bonchev–Trinajstić information content (AvgIpc) is 2.78. The van der Waals surface area contributed by atoms with E-state index in [2.05, 4.69) is 10.4 Å². The minimum absolute atomic E-state index is 0.137. The molecular weight excluding hydrogens is 246 g/mol. The average molecular weight is 263 g/mol. The van der Waals surface area contributed by atoms with Crippen molar-refractivity contribution < 1.29 is 14.3 Å². The zero-order valence-electron chi connectivity index (χ0n) is 10.9. The van der Waals surface area contributed by atoms with Crippen LogP contribution in [0.1, 0.15) is 35.1 Å². The molecule has 0 aromatic carbocycles. The molecule has 0 saturated heterocycles. The number of aryl methyl sites for hydroxylation is 1. The third-order valence-electron chi connectivity index (χ3n) is 3.72. The number of carbonyl (C=O) groups is 2. The highest BCUT2D eigenvalue weighted by atomic mass is 16.5. The maximum atomic E-state index is 12.5. The van der Waals surface area contributed by atoms with Crippen molar-refractivity contribution in [1.82, 2.24) is 15.1 Å². The van der Waals surface area contributed by atoms with Crippen LogP contribution in [0.2, 0.25) is 0 Å². The van der Waals surface area contributed by atoms with Crippen LogP contribution < -0.4 is 5.32 Å². The number of hydrogen-bond donors (Lipinski definition) is 1. The standard InChI is InChI=1S/C13H17N3O3/c1-2-19-13(18)8-4-6-16-11(12(8)17)9-7-14-5-3-10(9)15-16/h8,14H,2-7H2,1H3. The van der Waals surface area contributed by atoms with Gasteiger partial charge in [0.2, 0.25) is 0 Å². The molecule has 2 aliphatic rings. The molecule has 3 rings (SSSR count). The van der Waals surface area contributed by atoms with Crippen LogP contribution in [0, 0.1) is 5.92 Å². The van der Waals surface area contributed by atoms with Gasteiger partial charge >= 0.3 is 5.97 Å². The lowest BCUT2D eigenvalue weighted by atomic mass is 9.91. The Morgan fingerprint density at radius 3 is 3.21 bits per heavy atom. The summed E-state index contributed by atoms with van der Waals surface area (Å²) in [6.07, 6.45) is 1.32. The Balaban J connectivity index is 1.94. The van der Waals surface area contributed by atoms with Crippen molar-refractivity contribution in [3.8, 4) is 0 Å². The van der Waals surface area contributed by atoms with E-state index in [9.17, 15) is 9.59 Å². The van der Waals surface area contributed by atoms with Gasteiger partial charge in [-0.05, 0) is 13.3 Å². The van der Waals surface area contributed by atoms with E-state index in [1.807, 2.05) is 0 Å². The molecule has 1 atom stereocenters. The van der Waals surface area contributed by atoms with Crippen LogP contribution in [0.15, 0.2) is 0 Å². The number of esters is 1. The zero-order valence-corrected chi connectivity index (χ0v) is 10.9. The van der Waals surface area contributed by atoms with Gasteiger partial charge in [-0.25, -0.2) is 0 Å². The third kappa shape index (κ3) is 1.96. The van der Waals surface area contributed by atoms with Gasteiger partial charge in [0.15, 0.2) is 5.78 Å². The number of ketones is 1. The highest BCUT2D eigenvalue weighted by Gasteiger charge is 2.38. The van der Waals surface area contributed by atoms with E-state index in [4.69, 9.17) is 4.74 Å². The molecule has 0 fully saturated rings. The minimum Gasteiger partial charge on any atom is -0.465 e. The number of nitrogens with zero attached hydrogens (tertiary/aromatic N) is 2. The smallest absolute Gasteiger partial charge is 0.316 e. The first-order chi connectivity index (χ1) is 9.22. The van der Waals surface area contributed by atoms with Gasteiger partial charge in [-0.3, -0.25) is 14.3 Å². The lowest BCUT2D eigenvalue weighted by molar-refractivity contribution is -0.146. The van der Waals surface area contributed by atoms with Gasteiger partial charge in [-0.15, -0.1) is 0 Å². The summed E-state index contributed by atoms with van der Waals surface area (Å²) in [5, 5.41) is 7.73. The monoisotopic (exact) mass is 263 g/mol. The van der Waals surface area contributed by atoms with Crippen LogP contribution in [0.3, 0.4) is 0 Å². The number of Topliss-reactive ketones (excluding diaryl/α,β-unsaturated/α-hetero) is 1. The lowest BCUT2D eigenvalue weighted by Crippen LogP contribution is -2.35. The summed E-state index contributed by atoms with van der Waals surface area (Å²) < 4.78 is 6.74. The molecule has 6 nitrogen and oxygen atoms in total. The van der Waals surface area contributed by atoms with Gasteiger partial charge in [-0.2, -0.15) is 5.10 Å². The normalized spacial score (nSPS) is 21.7.